The molecule has 6 nitrogen and oxygen atoms in total. The Labute approximate surface area is 94.8 Å². The van der Waals surface area contributed by atoms with Crippen molar-refractivity contribution in [1.82, 2.24) is 0 Å². The number of hydrogen-bond acceptors (Lipinski definition) is 4. The zero-order valence-electron chi connectivity index (χ0n) is 8.78. The number of primary sulfonamides is 1. The van der Waals surface area contributed by atoms with Crippen molar-refractivity contribution in [2.75, 3.05) is 17.6 Å². The highest BCUT2D eigenvalue weighted by atomic mass is 32.2. The van der Waals surface area contributed by atoms with Crippen LogP contribution in [-0.2, 0) is 20.0 Å². The summed E-state index contributed by atoms with van der Waals surface area (Å²) in [6, 6.07) is 5.64. The maximum absolute atomic E-state index is 11.3. The molecule has 0 amide bonds. The van der Waals surface area contributed by atoms with Crippen LogP contribution in [0.5, 0.6) is 0 Å². The standard InChI is InChI=1S/C8H12N2O4S2/c1-10(15(2,11)12)7-5-3-4-6-8(7)16(9,13)14/h3-6H,1-2H3,(H2,9,13,14). The molecule has 0 aliphatic heterocycles. The minimum absolute atomic E-state index is 0.0347. The fourth-order valence-corrected chi connectivity index (χ4v) is 2.48. The van der Waals surface area contributed by atoms with Gasteiger partial charge in [-0.15, -0.1) is 0 Å². The summed E-state index contributed by atoms with van der Waals surface area (Å²) < 4.78 is 46.0. The molecule has 0 spiro atoms. The lowest BCUT2D eigenvalue weighted by Crippen LogP contribution is -2.27. The number of para-hydroxylation sites is 1. The second-order valence-corrected chi connectivity index (χ2v) is 6.79. The minimum atomic E-state index is -3.94. The van der Waals surface area contributed by atoms with E-state index in [9.17, 15) is 16.8 Å². The van der Waals surface area contributed by atoms with Crippen molar-refractivity contribution in [3.05, 3.63) is 24.3 Å². The largest absolute Gasteiger partial charge is 0.272 e. The maximum atomic E-state index is 11.3. The lowest BCUT2D eigenvalue weighted by molar-refractivity contribution is 0.597. The molecule has 0 heterocycles. The second kappa shape index (κ2) is 4.04. The third kappa shape index (κ3) is 2.71. The Bertz CT molecular complexity index is 592. The fourth-order valence-electron chi connectivity index (χ4n) is 1.14. The van der Waals surface area contributed by atoms with Gasteiger partial charge in [-0.05, 0) is 12.1 Å². The predicted octanol–water partition coefficient (Wildman–Crippen LogP) is -0.270. The quantitative estimate of drug-likeness (QED) is 0.812. The molecule has 1 aromatic carbocycles. The zero-order valence-corrected chi connectivity index (χ0v) is 10.4. The average Bonchev–Trinajstić information content (AvgIpc) is 2.14. The van der Waals surface area contributed by atoms with Gasteiger partial charge in [0.25, 0.3) is 0 Å². The number of rotatable bonds is 3. The highest BCUT2D eigenvalue weighted by Crippen LogP contribution is 2.24. The number of benzene rings is 1. The number of sulfonamides is 2. The molecule has 0 fully saturated rings. The fraction of sp³-hybridized carbons (Fsp3) is 0.250. The van der Waals surface area contributed by atoms with Crippen LogP contribution < -0.4 is 9.44 Å². The molecule has 0 unspecified atom stereocenters. The summed E-state index contributed by atoms with van der Waals surface area (Å²) in [4.78, 5) is -0.220. The van der Waals surface area contributed by atoms with Gasteiger partial charge in [0.15, 0.2) is 0 Å². The van der Waals surface area contributed by atoms with E-state index >= 15 is 0 Å². The molecule has 0 aromatic heterocycles. The number of hydrogen-bond donors (Lipinski definition) is 1. The molecular formula is C8H12N2O4S2. The van der Waals surface area contributed by atoms with E-state index in [0.29, 0.717) is 0 Å². The van der Waals surface area contributed by atoms with Crippen molar-refractivity contribution < 1.29 is 16.8 Å². The van der Waals surface area contributed by atoms with E-state index in [1.54, 1.807) is 0 Å². The maximum Gasteiger partial charge on any atom is 0.240 e. The van der Waals surface area contributed by atoms with E-state index in [4.69, 9.17) is 5.14 Å². The van der Waals surface area contributed by atoms with Gasteiger partial charge in [0.05, 0.1) is 11.9 Å². The van der Waals surface area contributed by atoms with Crippen LogP contribution in [0.15, 0.2) is 29.2 Å². The van der Waals surface area contributed by atoms with Crippen LogP contribution in [-0.4, -0.2) is 30.1 Å². The Morgan fingerprint density at radius 1 is 1.12 bits per heavy atom. The third-order valence-electron chi connectivity index (χ3n) is 2.01. The normalized spacial score (nSPS) is 12.4. The highest BCUT2D eigenvalue weighted by molar-refractivity contribution is 7.92. The van der Waals surface area contributed by atoms with Crippen LogP contribution in [0.4, 0.5) is 5.69 Å². The molecule has 0 radical (unpaired) electrons. The summed E-state index contributed by atoms with van der Waals surface area (Å²) in [5, 5.41) is 4.99. The van der Waals surface area contributed by atoms with Gasteiger partial charge >= 0.3 is 0 Å². The zero-order chi connectivity index (χ0) is 12.6. The van der Waals surface area contributed by atoms with Crippen molar-refractivity contribution in [3.63, 3.8) is 0 Å². The summed E-state index contributed by atoms with van der Waals surface area (Å²) in [6.45, 7) is 0. The number of nitrogens with zero attached hydrogens (tertiary/aromatic N) is 1. The Morgan fingerprint density at radius 2 is 1.62 bits per heavy atom. The Morgan fingerprint density at radius 3 is 2.06 bits per heavy atom. The summed E-state index contributed by atoms with van der Waals surface area (Å²) in [6.07, 6.45) is 0.979. The van der Waals surface area contributed by atoms with Gasteiger partial charge in [0, 0.05) is 7.05 Å². The first-order valence-electron chi connectivity index (χ1n) is 4.20. The van der Waals surface area contributed by atoms with Gasteiger partial charge in [-0.2, -0.15) is 0 Å². The SMILES string of the molecule is CN(c1ccccc1S(N)(=O)=O)S(C)(=O)=O. The summed E-state index contributed by atoms with van der Waals surface area (Å²) in [5.41, 5.74) is 0.0347. The molecule has 16 heavy (non-hydrogen) atoms. The Balaban J connectivity index is 3.48. The van der Waals surface area contributed by atoms with E-state index < -0.39 is 20.0 Å². The molecule has 90 valence electrons. The van der Waals surface area contributed by atoms with Crippen molar-refractivity contribution >= 4 is 25.7 Å². The second-order valence-electron chi connectivity index (χ2n) is 3.24. The van der Waals surface area contributed by atoms with Gasteiger partial charge < -0.3 is 0 Å². The average molecular weight is 264 g/mol. The molecule has 1 aromatic rings. The summed E-state index contributed by atoms with van der Waals surface area (Å²) in [5.74, 6) is 0. The molecule has 0 aliphatic carbocycles. The van der Waals surface area contributed by atoms with Crippen LogP contribution in [0.3, 0.4) is 0 Å². The number of anilines is 1. The highest BCUT2D eigenvalue weighted by Gasteiger charge is 2.20. The molecule has 0 saturated heterocycles. The third-order valence-corrected chi connectivity index (χ3v) is 4.16. The van der Waals surface area contributed by atoms with E-state index in [0.717, 1.165) is 10.6 Å². The molecule has 8 heteroatoms. The van der Waals surface area contributed by atoms with Crippen LogP contribution in [0, 0.1) is 0 Å². The minimum Gasteiger partial charge on any atom is -0.272 e. The predicted molar refractivity (Wildman–Crippen MR) is 61.1 cm³/mol. The van der Waals surface area contributed by atoms with Crippen molar-refractivity contribution in [1.29, 1.82) is 0 Å². The molecule has 0 aliphatic rings. The topological polar surface area (TPSA) is 97.5 Å². The summed E-state index contributed by atoms with van der Waals surface area (Å²) in [7, 11) is -6.21. The van der Waals surface area contributed by atoms with E-state index in [1.165, 1.54) is 31.3 Å². The molecule has 0 bridgehead atoms. The Hall–Kier alpha value is -1.12. The van der Waals surface area contributed by atoms with Gasteiger partial charge in [0.1, 0.15) is 4.90 Å². The van der Waals surface area contributed by atoms with Gasteiger partial charge in [-0.1, -0.05) is 12.1 Å². The molecule has 2 N–H and O–H groups in total. The number of nitrogens with two attached hydrogens (primary N) is 1. The van der Waals surface area contributed by atoms with Gasteiger partial charge in [-0.3, -0.25) is 4.31 Å². The first kappa shape index (κ1) is 12.9. The molecule has 0 saturated carbocycles. The van der Waals surface area contributed by atoms with Gasteiger partial charge in [-0.25, -0.2) is 22.0 Å². The lowest BCUT2D eigenvalue weighted by Gasteiger charge is -2.18. The van der Waals surface area contributed by atoms with Crippen molar-refractivity contribution in [2.24, 2.45) is 5.14 Å². The molecular weight excluding hydrogens is 252 g/mol. The molecule has 0 atom stereocenters. The van der Waals surface area contributed by atoms with Crippen molar-refractivity contribution in [2.45, 2.75) is 4.90 Å². The monoisotopic (exact) mass is 264 g/mol. The van der Waals surface area contributed by atoms with E-state index in [1.807, 2.05) is 0 Å². The van der Waals surface area contributed by atoms with Gasteiger partial charge in [0.2, 0.25) is 20.0 Å². The first-order valence-corrected chi connectivity index (χ1v) is 7.59. The van der Waals surface area contributed by atoms with Crippen LogP contribution >= 0.6 is 0 Å². The van der Waals surface area contributed by atoms with Crippen LogP contribution in [0.1, 0.15) is 0 Å². The van der Waals surface area contributed by atoms with E-state index in [2.05, 4.69) is 0 Å². The van der Waals surface area contributed by atoms with Crippen molar-refractivity contribution in [3.8, 4) is 0 Å². The van der Waals surface area contributed by atoms with Crippen LogP contribution in [0.2, 0.25) is 0 Å². The van der Waals surface area contributed by atoms with Crippen LogP contribution in [0.25, 0.3) is 0 Å². The summed E-state index contributed by atoms with van der Waals surface area (Å²) >= 11 is 0. The Kier molecular flexibility index (Phi) is 3.27. The lowest BCUT2D eigenvalue weighted by atomic mass is 10.3. The first-order chi connectivity index (χ1) is 7.14. The smallest absolute Gasteiger partial charge is 0.240 e. The van der Waals surface area contributed by atoms with E-state index in [-0.39, 0.29) is 10.6 Å². The molecule has 1 rings (SSSR count).